The summed E-state index contributed by atoms with van der Waals surface area (Å²) in [7, 11) is -3.79. The molecule has 0 bridgehead atoms. The monoisotopic (exact) mass is 588 g/mol. The van der Waals surface area contributed by atoms with Crippen LogP contribution in [0.3, 0.4) is 0 Å². The molecule has 11 nitrogen and oxygen atoms in total. The van der Waals surface area contributed by atoms with Crippen LogP contribution in [0, 0.1) is 42.9 Å². The summed E-state index contributed by atoms with van der Waals surface area (Å²) in [5, 5.41) is 10.8. The average Bonchev–Trinajstić information content (AvgIpc) is 2.94. The highest BCUT2D eigenvalue weighted by atomic mass is 31.2. The fraction of sp³-hybridized carbons (Fsp3) is 0.586. The van der Waals surface area contributed by atoms with E-state index >= 15 is 0 Å². The fourth-order valence-corrected chi connectivity index (χ4v) is 5.66. The Morgan fingerprint density at radius 2 is 1.27 bits per heavy atom. The molecular weight excluding hydrogens is 547 g/mol. The van der Waals surface area contributed by atoms with Crippen molar-refractivity contribution >= 4 is 31.2 Å². The molecule has 0 saturated heterocycles. The molecule has 0 aromatic carbocycles. The molecule has 0 heterocycles. The van der Waals surface area contributed by atoms with Gasteiger partial charge in [0, 0.05) is 30.7 Å². The van der Waals surface area contributed by atoms with E-state index in [1.165, 1.54) is 6.08 Å². The molecule has 1 fully saturated rings. The zero-order valence-electron chi connectivity index (χ0n) is 23.4. The van der Waals surface area contributed by atoms with Gasteiger partial charge in [0.1, 0.15) is 0 Å². The SMILES string of the molecule is C#CCNC(=O)CCC(CCC(=O)NCC#C)(CCC(=O)NCC#C)NC(=O)C1CCC(OP(=O)(O)CC=C)CC1. The summed E-state index contributed by atoms with van der Waals surface area (Å²) in [6.07, 6.45) is 18.5. The van der Waals surface area contributed by atoms with Gasteiger partial charge in [-0.15, -0.1) is 25.8 Å². The Morgan fingerprint density at radius 3 is 1.63 bits per heavy atom. The van der Waals surface area contributed by atoms with Crippen LogP contribution in [-0.2, 0) is 28.3 Å². The number of nitrogens with one attached hydrogen (secondary N) is 4. The maximum absolute atomic E-state index is 13.5. The summed E-state index contributed by atoms with van der Waals surface area (Å²) in [6, 6.07) is 0. The van der Waals surface area contributed by atoms with Crippen molar-refractivity contribution in [3.63, 3.8) is 0 Å². The number of amides is 4. The van der Waals surface area contributed by atoms with Gasteiger partial charge in [-0.3, -0.25) is 23.7 Å². The summed E-state index contributed by atoms with van der Waals surface area (Å²) >= 11 is 0. The molecule has 0 aromatic heterocycles. The number of hydrogen-bond donors (Lipinski definition) is 5. The van der Waals surface area contributed by atoms with E-state index in [1.807, 2.05) is 0 Å². The van der Waals surface area contributed by atoms with Gasteiger partial charge < -0.3 is 30.7 Å². The van der Waals surface area contributed by atoms with E-state index in [4.69, 9.17) is 23.8 Å². The van der Waals surface area contributed by atoms with Crippen molar-refractivity contribution in [1.29, 1.82) is 0 Å². The van der Waals surface area contributed by atoms with Crippen molar-refractivity contribution in [2.24, 2.45) is 5.92 Å². The molecule has 1 aliphatic rings. The average molecular weight is 589 g/mol. The smallest absolute Gasteiger partial charge is 0.332 e. The summed E-state index contributed by atoms with van der Waals surface area (Å²) in [5.74, 6) is 5.27. The third kappa shape index (κ3) is 14.6. The first-order valence-corrected chi connectivity index (χ1v) is 15.3. The van der Waals surface area contributed by atoms with Crippen LogP contribution in [0.5, 0.6) is 0 Å². The predicted octanol–water partition coefficient (Wildman–Crippen LogP) is 1.38. The Kier molecular flexibility index (Phi) is 16.2. The molecule has 5 N–H and O–H groups in total. The Balaban J connectivity index is 3.08. The van der Waals surface area contributed by atoms with Crippen molar-refractivity contribution in [2.75, 3.05) is 25.8 Å². The Morgan fingerprint density at radius 1 is 0.854 bits per heavy atom. The van der Waals surface area contributed by atoms with Crippen molar-refractivity contribution in [1.82, 2.24) is 21.3 Å². The van der Waals surface area contributed by atoms with Crippen LogP contribution in [0.25, 0.3) is 0 Å². The van der Waals surface area contributed by atoms with E-state index in [9.17, 15) is 28.6 Å². The van der Waals surface area contributed by atoms with Crippen LogP contribution in [0.4, 0.5) is 0 Å². The molecule has 0 radical (unpaired) electrons. The first-order valence-electron chi connectivity index (χ1n) is 13.5. The van der Waals surface area contributed by atoms with Crippen LogP contribution in [0.1, 0.15) is 64.2 Å². The number of terminal acetylenes is 3. The van der Waals surface area contributed by atoms with Crippen LogP contribution in [-0.4, -0.2) is 66.0 Å². The first-order chi connectivity index (χ1) is 19.5. The highest BCUT2D eigenvalue weighted by molar-refractivity contribution is 7.53. The van der Waals surface area contributed by atoms with Crippen LogP contribution >= 0.6 is 7.60 Å². The zero-order chi connectivity index (χ0) is 30.7. The van der Waals surface area contributed by atoms with E-state index in [0.717, 1.165) is 0 Å². The quantitative estimate of drug-likeness (QED) is 0.0918. The predicted molar refractivity (Wildman–Crippen MR) is 156 cm³/mol. The van der Waals surface area contributed by atoms with E-state index in [-0.39, 0.29) is 87.9 Å². The summed E-state index contributed by atoms with van der Waals surface area (Å²) < 4.78 is 17.5. The van der Waals surface area contributed by atoms with Gasteiger partial charge in [-0.05, 0) is 44.9 Å². The molecule has 1 unspecified atom stereocenters. The second-order valence-electron chi connectivity index (χ2n) is 9.90. The molecule has 1 aliphatic carbocycles. The molecule has 224 valence electrons. The normalized spacial score (nSPS) is 17.8. The molecule has 1 atom stereocenters. The first kappa shape index (κ1) is 35.5. The van der Waals surface area contributed by atoms with E-state index < -0.39 is 25.2 Å². The summed E-state index contributed by atoms with van der Waals surface area (Å²) in [4.78, 5) is 60.6. The maximum atomic E-state index is 13.5. The lowest BCUT2D eigenvalue weighted by Crippen LogP contribution is -2.52. The minimum atomic E-state index is -3.79. The number of carbonyl (C=O) groups excluding carboxylic acids is 4. The molecule has 12 heteroatoms. The minimum Gasteiger partial charge on any atom is -0.350 e. The third-order valence-corrected chi connectivity index (χ3v) is 8.11. The van der Waals surface area contributed by atoms with Gasteiger partial charge in [-0.1, -0.05) is 23.8 Å². The van der Waals surface area contributed by atoms with Gasteiger partial charge in [-0.25, -0.2) is 0 Å². The Labute approximate surface area is 242 Å². The lowest BCUT2D eigenvalue weighted by atomic mass is 9.81. The number of carbonyl (C=O) groups is 4. The van der Waals surface area contributed by atoms with E-state index in [1.54, 1.807) is 0 Å². The van der Waals surface area contributed by atoms with Crippen LogP contribution < -0.4 is 21.3 Å². The molecule has 4 amide bonds. The zero-order valence-corrected chi connectivity index (χ0v) is 24.3. The molecule has 41 heavy (non-hydrogen) atoms. The van der Waals surface area contributed by atoms with Gasteiger partial charge >= 0.3 is 7.60 Å². The number of hydrogen-bond acceptors (Lipinski definition) is 6. The lowest BCUT2D eigenvalue weighted by Gasteiger charge is -2.37. The molecular formula is C29H41N4O7P. The lowest BCUT2D eigenvalue weighted by molar-refractivity contribution is -0.131. The van der Waals surface area contributed by atoms with Crippen LogP contribution in [0.2, 0.25) is 0 Å². The second-order valence-corrected chi connectivity index (χ2v) is 11.8. The van der Waals surface area contributed by atoms with Gasteiger partial charge in [-0.2, -0.15) is 0 Å². The Bertz CT molecular complexity index is 1010. The fourth-order valence-electron chi connectivity index (χ4n) is 4.57. The second kappa shape index (κ2) is 18.7. The van der Waals surface area contributed by atoms with E-state index in [0.29, 0.717) is 25.7 Å². The molecule has 0 aliphatic heterocycles. The Hall–Kier alpha value is -3.55. The van der Waals surface area contributed by atoms with Gasteiger partial charge in [0.25, 0.3) is 0 Å². The van der Waals surface area contributed by atoms with Gasteiger partial charge in [0.15, 0.2) is 0 Å². The maximum Gasteiger partial charge on any atom is 0.332 e. The van der Waals surface area contributed by atoms with Crippen LogP contribution in [0.15, 0.2) is 12.7 Å². The third-order valence-electron chi connectivity index (χ3n) is 6.76. The number of rotatable bonds is 18. The topological polar surface area (TPSA) is 163 Å². The van der Waals surface area contributed by atoms with Gasteiger partial charge in [0.05, 0.1) is 31.9 Å². The molecule has 0 spiro atoms. The largest absolute Gasteiger partial charge is 0.350 e. The van der Waals surface area contributed by atoms with Crippen molar-refractivity contribution < 1.29 is 33.2 Å². The molecule has 1 saturated carbocycles. The summed E-state index contributed by atoms with van der Waals surface area (Å²) in [5.41, 5.74) is -1.08. The highest BCUT2D eigenvalue weighted by Gasteiger charge is 2.37. The van der Waals surface area contributed by atoms with Crippen molar-refractivity contribution in [2.45, 2.75) is 75.9 Å². The minimum absolute atomic E-state index is 0.00439. The van der Waals surface area contributed by atoms with Crippen molar-refractivity contribution in [3.8, 4) is 37.0 Å². The highest BCUT2D eigenvalue weighted by Crippen LogP contribution is 2.46. The van der Waals surface area contributed by atoms with Gasteiger partial charge in [0.2, 0.25) is 23.6 Å². The van der Waals surface area contributed by atoms with Crippen molar-refractivity contribution in [3.05, 3.63) is 12.7 Å². The van der Waals surface area contributed by atoms with E-state index in [2.05, 4.69) is 45.6 Å². The standard InChI is InChI=1S/C29H41N4O7P/c1-5-19-30-25(34)13-16-29(17-14-26(35)31-20-6-2,18-15-27(36)32-21-7-3)33-28(37)23-9-11-24(12-10-23)40-41(38,39)22-8-4/h1-3,8,23-24H,4,9-22H2,(H,30,34)(H,31,35)(H,32,36)(H,33,37)(H,38,39). The number of allylic oxidation sites excluding steroid dienone is 1. The molecule has 0 aromatic rings. The molecule has 1 rings (SSSR count). The summed E-state index contributed by atoms with van der Waals surface area (Å²) in [6.45, 7) is 3.59.